The molecule has 0 atom stereocenters. The predicted octanol–water partition coefficient (Wildman–Crippen LogP) is 5.51. The summed E-state index contributed by atoms with van der Waals surface area (Å²) in [7, 11) is -3.81. The van der Waals surface area contributed by atoms with E-state index in [-0.39, 0.29) is 5.41 Å². The van der Waals surface area contributed by atoms with Crippen LogP contribution < -0.4 is 4.72 Å². The maximum Gasteiger partial charge on any atom is 0.263 e. The summed E-state index contributed by atoms with van der Waals surface area (Å²) in [6.45, 7) is 15.9. The van der Waals surface area contributed by atoms with E-state index in [9.17, 15) is 8.42 Å². The number of nitrogens with zero attached hydrogens (tertiary/aromatic N) is 2. The Hall–Kier alpha value is -2.60. The van der Waals surface area contributed by atoms with Crippen molar-refractivity contribution in [3.8, 4) is 5.69 Å². The summed E-state index contributed by atoms with van der Waals surface area (Å²) in [6, 6.07) is 11.4. The minimum atomic E-state index is -3.81. The van der Waals surface area contributed by atoms with Crippen molar-refractivity contribution in [3.63, 3.8) is 0 Å². The van der Waals surface area contributed by atoms with Crippen molar-refractivity contribution in [2.75, 3.05) is 4.72 Å². The molecule has 0 fully saturated rings. The van der Waals surface area contributed by atoms with Gasteiger partial charge in [-0.3, -0.25) is 4.72 Å². The average molecular weight is 426 g/mol. The lowest BCUT2D eigenvalue weighted by Crippen LogP contribution is -2.19. The highest BCUT2D eigenvalue weighted by molar-refractivity contribution is 7.92. The first kappa shape index (κ1) is 22.1. The van der Waals surface area contributed by atoms with Crippen molar-refractivity contribution in [3.05, 3.63) is 69.9 Å². The van der Waals surface area contributed by atoms with Crippen molar-refractivity contribution >= 4 is 15.8 Å². The Morgan fingerprint density at radius 1 is 0.833 bits per heavy atom. The van der Waals surface area contributed by atoms with Gasteiger partial charge >= 0.3 is 0 Å². The lowest BCUT2D eigenvalue weighted by molar-refractivity contribution is 0.560. The number of aromatic nitrogens is 2. The maximum atomic E-state index is 13.5. The second-order valence-electron chi connectivity index (χ2n) is 8.97. The van der Waals surface area contributed by atoms with Crippen LogP contribution in [0.3, 0.4) is 0 Å². The molecule has 2 aromatic carbocycles. The van der Waals surface area contributed by atoms with E-state index < -0.39 is 10.0 Å². The van der Waals surface area contributed by atoms with Gasteiger partial charge < -0.3 is 0 Å². The molecule has 1 N–H and O–H groups in total. The summed E-state index contributed by atoms with van der Waals surface area (Å²) in [4.78, 5) is 0.348. The molecule has 0 spiro atoms. The zero-order valence-corrected chi connectivity index (χ0v) is 19.9. The molecule has 6 heteroatoms. The second kappa shape index (κ2) is 7.58. The predicted molar refractivity (Wildman–Crippen MR) is 123 cm³/mol. The lowest BCUT2D eigenvalue weighted by atomic mass is 9.92. The first-order valence-electron chi connectivity index (χ1n) is 10.1. The molecule has 0 aliphatic carbocycles. The molecule has 0 unspecified atom stereocenters. The van der Waals surface area contributed by atoms with Crippen LogP contribution in [0.15, 0.2) is 41.3 Å². The first-order chi connectivity index (χ1) is 13.8. The Balaban J connectivity index is 2.18. The average Bonchev–Trinajstić information content (AvgIpc) is 3.09. The molecule has 0 bridgehead atoms. The van der Waals surface area contributed by atoms with Crippen LogP contribution in [0.2, 0.25) is 0 Å². The number of hydrogen-bond donors (Lipinski definition) is 1. The number of nitrogens with one attached hydrogen (secondary N) is 1. The summed E-state index contributed by atoms with van der Waals surface area (Å²) in [5.74, 6) is 0.431. The third kappa shape index (κ3) is 3.88. The minimum Gasteiger partial charge on any atom is -0.263 e. The van der Waals surface area contributed by atoms with Crippen LogP contribution in [0.1, 0.15) is 54.3 Å². The normalized spacial score (nSPS) is 12.3. The zero-order chi connectivity index (χ0) is 22.4. The molecule has 1 aromatic heterocycles. The Morgan fingerprint density at radius 3 is 1.83 bits per heavy atom. The van der Waals surface area contributed by atoms with Gasteiger partial charge in [-0.2, -0.15) is 5.10 Å². The number of sulfonamides is 1. The molecule has 3 rings (SSSR count). The SMILES string of the molecule is Cc1c(C)c(C)c(S(=O)(=O)Nc2cc(C(C)(C)C)nn2-c2ccccc2)c(C)c1C. The van der Waals surface area contributed by atoms with Crippen molar-refractivity contribution in [1.29, 1.82) is 0 Å². The molecule has 0 radical (unpaired) electrons. The van der Waals surface area contributed by atoms with E-state index in [1.807, 2.05) is 71.0 Å². The monoisotopic (exact) mass is 425 g/mol. The van der Waals surface area contributed by atoms with Crippen molar-refractivity contribution < 1.29 is 8.42 Å². The van der Waals surface area contributed by atoms with Crippen molar-refractivity contribution in [2.24, 2.45) is 0 Å². The van der Waals surface area contributed by atoms with E-state index in [0.717, 1.165) is 39.2 Å². The fourth-order valence-electron chi connectivity index (χ4n) is 3.64. The molecule has 0 aliphatic rings. The van der Waals surface area contributed by atoms with Crippen LogP contribution in [0.4, 0.5) is 5.82 Å². The van der Waals surface area contributed by atoms with Gasteiger partial charge in [-0.1, -0.05) is 39.0 Å². The first-order valence-corrected chi connectivity index (χ1v) is 11.6. The van der Waals surface area contributed by atoms with Crippen molar-refractivity contribution in [2.45, 2.75) is 65.7 Å². The molecule has 30 heavy (non-hydrogen) atoms. The standard InChI is InChI=1S/C24H31N3O2S/c1-15-16(2)18(4)23(19(5)17(15)3)30(28,29)26-22-14-21(24(6,7)8)25-27(22)20-12-10-9-11-13-20/h9-14,26H,1-8H3. The van der Waals surface area contributed by atoms with E-state index in [1.54, 1.807) is 4.68 Å². The molecular weight excluding hydrogens is 394 g/mol. The fraction of sp³-hybridized carbons (Fsp3) is 0.375. The molecule has 5 nitrogen and oxygen atoms in total. The van der Waals surface area contributed by atoms with E-state index >= 15 is 0 Å². The van der Waals surface area contributed by atoms with E-state index in [2.05, 4.69) is 25.5 Å². The number of benzene rings is 2. The molecular formula is C24H31N3O2S. The Morgan fingerprint density at radius 2 is 1.33 bits per heavy atom. The summed E-state index contributed by atoms with van der Waals surface area (Å²) in [6.07, 6.45) is 0. The largest absolute Gasteiger partial charge is 0.263 e. The van der Waals surface area contributed by atoms with Gasteiger partial charge in [0.05, 0.1) is 16.3 Å². The van der Waals surface area contributed by atoms with Crippen LogP contribution in [-0.4, -0.2) is 18.2 Å². The summed E-state index contributed by atoms with van der Waals surface area (Å²) < 4.78 is 31.6. The molecule has 0 amide bonds. The van der Waals surface area contributed by atoms with Gasteiger partial charge in [-0.05, 0) is 74.6 Å². The van der Waals surface area contributed by atoms with Gasteiger partial charge in [0.15, 0.2) is 0 Å². The van der Waals surface area contributed by atoms with E-state index in [1.165, 1.54) is 0 Å². The third-order valence-corrected chi connectivity index (χ3v) is 7.55. The van der Waals surface area contributed by atoms with Crippen LogP contribution >= 0.6 is 0 Å². The molecule has 160 valence electrons. The quantitative estimate of drug-likeness (QED) is 0.599. The van der Waals surface area contributed by atoms with Gasteiger partial charge in [-0.15, -0.1) is 0 Å². The minimum absolute atomic E-state index is 0.219. The highest BCUT2D eigenvalue weighted by Gasteiger charge is 2.27. The fourth-order valence-corrected chi connectivity index (χ4v) is 5.28. The Bertz CT molecular complexity index is 1170. The van der Waals surface area contributed by atoms with Crippen molar-refractivity contribution in [1.82, 2.24) is 9.78 Å². The topological polar surface area (TPSA) is 64.0 Å². The summed E-state index contributed by atoms with van der Waals surface area (Å²) >= 11 is 0. The Labute approximate surface area is 180 Å². The molecule has 0 saturated heterocycles. The second-order valence-corrected chi connectivity index (χ2v) is 10.6. The Kier molecular flexibility index (Phi) is 5.58. The zero-order valence-electron chi connectivity index (χ0n) is 19.1. The highest BCUT2D eigenvalue weighted by Crippen LogP contribution is 2.32. The molecule has 3 aromatic rings. The number of anilines is 1. The van der Waals surface area contributed by atoms with Gasteiger partial charge in [0.25, 0.3) is 10.0 Å². The van der Waals surface area contributed by atoms with E-state index in [0.29, 0.717) is 10.7 Å². The lowest BCUT2D eigenvalue weighted by Gasteiger charge is -2.19. The van der Waals surface area contributed by atoms with E-state index in [4.69, 9.17) is 5.10 Å². The van der Waals surface area contributed by atoms with Crippen LogP contribution in [-0.2, 0) is 15.4 Å². The van der Waals surface area contributed by atoms with Crippen LogP contribution in [0.25, 0.3) is 5.69 Å². The van der Waals surface area contributed by atoms with Gasteiger partial charge in [0.1, 0.15) is 5.82 Å². The van der Waals surface area contributed by atoms with Gasteiger partial charge in [0, 0.05) is 11.5 Å². The van der Waals surface area contributed by atoms with Gasteiger partial charge in [-0.25, -0.2) is 13.1 Å². The highest BCUT2D eigenvalue weighted by atomic mass is 32.2. The van der Waals surface area contributed by atoms with Crippen LogP contribution in [0.5, 0.6) is 0 Å². The smallest absolute Gasteiger partial charge is 0.263 e. The third-order valence-electron chi connectivity index (χ3n) is 5.92. The molecule has 1 heterocycles. The van der Waals surface area contributed by atoms with Gasteiger partial charge in [0.2, 0.25) is 0 Å². The summed E-state index contributed by atoms with van der Waals surface area (Å²) in [5.41, 5.74) is 6.10. The number of hydrogen-bond acceptors (Lipinski definition) is 3. The number of rotatable bonds is 4. The van der Waals surface area contributed by atoms with Crippen LogP contribution in [0, 0.1) is 34.6 Å². The molecule has 0 saturated carbocycles. The molecule has 0 aliphatic heterocycles. The maximum absolute atomic E-state index is 13.5. The summed E-state index contributed by atoms with van der Waals surface area (Å²) in [5, 5.41) is 4.71. The number of para-hydroxylation sites is 1.